The Morgan fingerprint density at radius 2 is 1.88 bits per heavy atom. The standard InChI is InChI=1S/C40H38N6O5S/c1-23-30(15-27(20-41)46(23)22-40-18-24-14-25(19-40)17-39(2,16-24)51-40)29-10-11-34(43-36(29)50-38(48)49)45-13-12-26-6-5-7-28(31(26)21-45)35(47)44-37-42-32-8-3-4-9-33(32)52-37/h3-11,15,24-25H,12-14,16-19,21-22H2,1-2H3,(H,48,49)(H,42,44,47). The van der Waals surface area contributed by atoms with Gasteiger partial charge in [-0.3, -0.25) is 10.1 Å². The number of nitrogens with zero attached hydrogens (tertiary/aromatic N) is 5. The molecule has 2 N–H and O–H groups in total. The second kappa shape index (κ2) is 12.2. The molecule has 0 spiro atoms. The number of pyridine rings is 1. The Labute approximate surface area is 304 Å². The fourth-order valence-electron chi connectivity index (χ4n) is 9.79. The number of amides is 1. The number of hydrogen-bond donors (Lipinski definition) is 2. The van der Waals surface area contributed by atoms with Crippen LogP contribution in [0.5, 0.6) is 5.88 Å². The molecule has 2 aliphatic carbocycles. The second-order valence-electron chi connectivity index (χ2n) is 15.2. The van der Waals surface area contributed by atoms with Gasteiger partial charge in [-0.25, -0.2) is 9.78 Å². The zero-order valence-corrected chi connectivity index (χ0v) is 29.8. The molecule has 2 saturated carbocycles. The smallest absolute Gasteiger partial charge is 0.449 e. The quantitative estimate of drug-likeness (QED) is 0.161. The van der Waals surface area contributed by atoms with Crippen molar-refractivity contribution in [1.82, 2.24) is 14.5 Å². The van der Waals surface area contributed by atoms with Gasteiger partial charge in [-0.2, -0.15) is 10.2 Å². The Bertz CT molecular complexity index is 2280. The van der Waals surface area contributed by atoms with E-state index in [2.05, 4.69) is 23.3 Å². The lowest BCUT2D eigenvalue weighted by atomic mass is 9.58. The fraction of sp³-hybridized carbons (Fsp3) is 0.375. The fourth-order valence-corrected chi connectivity index (χ4v) is 10.7. The van der Waals surface area contributed by atoms with Crippen molar-refractivity contribution >= 4 is 44.6 Å². The van der Waals surface area contributed by atoms with Crippen molar-refractivity contribution in [2.75, 3.05) is 16.8 Å². The Balaban J connectivity index is 1.01. The van der Waals surface area contributed by atoms with E-state index in [0.717, 1.165) is 52.7 Å². The third-order valence-electron chi connectivity index (χ3n) is 11.5. The van der Waals surface area contributed by atoms with E-state index in [0.29, 0.717) is 71.2 Å². The van der Waals surface area contributed by atoms with Crippen LogP contribution < -0.4 is 15.0 Å². The number of thiazole rings is 1. The SMILES string of the molecule is Cc1c(-c2ccc(N3CCc4cccc(C(=O)Nc5nc6ccccc6s5)c4C3)nc2OC(=O)O)cc(C#N)n1CC12CC3CC(CC(C)(C3)O1)C2. The molecule has 5 aromatic rings. The molecule has 52 heavy (non-hydrogen) atoms. The number of aromatic nitrogens is 3. The molecule has 2 aromatic carbocycles. The van der Waals surface area contributed by atoms with Crippen LogP contribution in [0.3, 0.4) is 0 Å². The van der Waals surface area contributed by atoms with Crippen LogP contribution in [0.4, 0.5) is 15.7 Å². The zero-order valence-electron chi connectivity index (χ0n) is 29.0. The first-order valence-electron chi connectivity index (χ1n) is 17.8. The Morgan fingerprint density at radius 3 is 2.63 bits per heavy atom. The summed E-state index contributed by atoms with van der Waals surface area (Å²) in [5.74, 6) is 1.52. The minimum Gasteiger partial charge on any atom is -0.449 e. The molecule has 2 saturated heterocycles. The summed E-state index contributed by atoms with van der Waals surface area (Å²) in [6.45, 7) is 5.79. The van der Waals surface area contributed by atoms with E-state index in [-0.39, 0.29) is 23.0 Å². The first-order chi connectivity index (χ1) is 25.1. The number of carbonyl (C=O) groups is 2. The minimum absolute atomic E-state index is 0.0547. The maximum absolute atomic E-state index is 13.6. The predicted molar refractivity (Wildman–Crippen MR) is 197 cm³/mol. The largest absolute Gasteiger partial charge is 0.512 e. The van der Waals surface area contributed by atoms with E-state index in [1.54, 1.807) is 6.07 Å². The summed E-state index contributed by atoms with van der Waals surface area (Å²) in [5.41, 5.74) is 5.43. The van der Waals surface area contributed by atoms with Crippen LogP contribution in [0.1, 0.15) is 71.9 Å². The Kier molecular flexibility index (Phi) is 7.64. The number of anilines is 2. The molecule has 2 atom stereocenters. The van der Waals surface area contributed by atoms with E-state index < -0.39 is 6.16 Å². The van der Waals surface area contributed by atoms with Gasteiger partial charge in [0.2, 0.25) is 5.88 Å². The van der Waals surface area contributed by atoms with Crippen molar-refractivity contribution in [2.24, 2.45) is 11.8 Å². The molecule has 6 heterocycles. The molecule has 264 valence electrons. The summed E-state index contributed by atoms with van der Waals surface area (Å²) in [6.07, 6.45) is 4.64. The Hall–Kier alpha value is -5.25. The van der Waals surface area contributed by atoms with Crippen LogP contribution in [0.25, 0.3) is 21.3 Å². The summed E-state index contributed by atoms with van der Waals surface area (Å²) in [6, 6.07) is 21.3. The maximum Gasteiger partial charge on any atom is 0.512 e. The summed E-state index contributed by atoms with van der Waals surface area (Å²) in [7, 11) is 0. The zero-order chi connectivity index (χ0) is 35.8. The first kappa shape index (κ1) is 32.6. The highest BCUT2D eigenvalue weighted by molar-refractivity contribution is 7.22. The van der Waals surface area contributed by atoms with Crippen molar-refractivity contribution in [2.45, 2.75) is 76.7 Å². The topological polar surface area (TPSA) is 143 Å². The van der Waals surface area contributed by atoms with Crippen molar-refractivity contribution in [3.05, 3.63) is 88.7 Å². The highest BCUT2D eigenvalue weighted by Crippen LogP contribution is 2.58. The van der Waals surface area contributed by atoms with Crippen molar-refractivity contribution < 1.29 is 24.2 Å². The molecule has 10 rings (SSSR count). The number of para-hydroxylation sites is 1. The minimum atomic E-state index is -1.48. The second-order valence-corrected chi connectivity index (χ2v) is 16.2. The third-order valence-corrected chi connectivity index (χ3v) is 12.4. The summed E-state index contributed by atoms with van der Waals surface area (Å²) >= 11 is 1.43. The molecular formula is C40H38N6O5S. The monoisotopic (exact) mass is 714 g/mol. The van der Waals surface area contributed by atoms with Crippen molar-refractivity contribution in [1.29, 1.82) is 5.26 Å². The summed E-state index contributed by atoms with van der Waals surface area (Å²) in [4.78, 5) is 36.9. The lowest BCUT2D eigenvalue weighted by Crippen LogP contribution is -2.61. The van der Waals surface area contributed by atoms with Gasteiger partial charge in [-0.1, -0.05) is 35.6 Å². The molecule has 12 heteroatoms. The number of benzene rings is 2. The summed E-state index contributed by atoms with van der Waals surface area (Å²) in [5, 5.41) is 23.6. The molecule has 1 amide bonds. The van der Waals surface area contributed by atoms with Gasteiger partial charge < -0.3 is 24.0 Å². The summed E-state index contributed by atoms with van der Waals surface area (Å²) < 4.78 is 15.2. The third kappa shape index (κ3) is 5.68. The number of carboxylic acid groups (broad SMARTS) is 1. The van der Waals surface area contributed by atoms with Gasteiger partial charge in [0.05, 0.1) is 28.0 Å². The van der Waals surface area contributed by atoms with Gasteiger partial charge in [0.1, 0.15) is 17.6 Å². The number of ether oxygens (including phenoxy) is 2. The lowest BCUT2D eigenvalue weighted by molar-refractivity contribution is -0.271. The van der Waals surface area contributed by atoms with E-state index in [1.165, 1.54) is 17.8 Å². The first-order valence-corrected chi connectivity index (χ1v) is 18.6. The molecule has 3 aliphatic heterocycles. The van der Waals surface area contributed by atoms with Gasteiger partial charge >= 0.3 is 6.16 Å². The van der Waals surface area contributed by atoms with Gasteiger partial charge in [0, 0.05) is 35.5 Å². The molecule has 2 unspecified atom stereocenters. The lowest BCUT2D eigenvalue weighted by Gasteiger charge is -2.61. The van der Waals surface area contributed by atoms with E-state index in [4.69, 9.17) is 14.5 Å². The molecule has 0 radical (unpaired) electrons. The highest BCUT2D eigenvalue weighted by Gasteiger charge is 2.57. The van der Waals surface area contributed by atoms with Crippen LogP contribution in [-0.2, 0) is 24.2 Å². The number of nitrogens with one attached hydrogen (secondary N) is 1. The van der Waals surface area contributed by atoms with Crippen LogP contribution in [0, 0.1) is 30.1 Å². The molecule has 4 fully saturated rings. The highest BCUT2D eigenvalue weighted by atomic mass is 32.1. The molecule has 5 aliphatic rings. The molecule has 4 bridgehead atoms. The Morgan fingerprint density at radius 1 is 1.08 bits per heavy atom. The van der Waals surface area contributed by atoms with Gasteiger partial charge in [-0.15, -0.1) is 0 Å². The van der Waals surface area contributed by atoms with E-state index in [9.17, 15) is 20.0 Å². The molecule has 3 aromatic heterocycles. The van der Waals surface area contributed by atoms with Gasteiger partial charge in [0.15, 0.2) is 5.13 Å². The maximum atomic E-state index is 13.6. The molecule has 11 nitrogen and oxygen atoms in total. The van der Waals surface area contributed by atoms with Gasteiger partial charge in [-0.05, 0) is 112 Å². The van der Waals surface area contributed by atoms with Crippen LogP contribution >= 0.6 is 11.3 Å². The van der Waals surface area contributed by atoms with E-state index >= 15 is 0 Å². The average molecular weight is 715 g/mol. The van der Waals surface area contributed by atoms with Crippen LogP contribution in [0.15, 0.2) is 60.7 Å². The predicted octanol–water partition coefficient (Wildman–Crippen LogP) is 7.95. The number of nitriles is 1. The van der Waals surface area contributed by atoms with Crippen molar-refractivity contribution in [3.63, 3.8) is 0 Å². The van der Waals surface area contributed by atoms with Crippen LogP contribution in [-0.4, -0.2) is 49.5 Å². The number of rotatable bonds is 7. The van der Waals surface area contributed by atoms with Crippen LogP contribution in [0.2, 0.25) is 0 Å². The number of fused-ring (bicyclic) bond motifs is 2. The van der Waals surface area contributed by atoms with E-state index in [1.807, 2.05) is 71.0 Å². The molecular weight excluding hydrogens is 677 g/mol. The normalized spacial score (nSPS) is 24.4. The number of hydrogen-bond acceptors (Lipinski definition) is 9. The average Bonchev–Trinajstić information content (AvgIpc) is 3.65. The van der Waals surface area contributed by atoms with Crippen molar-refractivity contribution in [3.8, 4) is 23.1 Å². The number of carbonyl (C=O) groups excluding carboxylic acids is 1. The van der Waals surface area contributed by atoms with Gasteiger partial charge in [0.25, 0.3) is 5.91 Å².